The zero-order valence-corrected chi connectivity index (χ0v) is 25.8. The molecule has 10 heteroatoms. The van der Waals surface area contributed by atoms with Crippen LogP contribution in [0.15, 0.2) is 42.6 Å². The maximum absolute atomic E-state index is 12.8. The average molecular weight is 586 g/mol. The third kappa shape index (κ3) is 7.76. The quantitative estimate of drug-likeness (QED) is 0.177. The van der Waals surface area contributed by atoms with Crippen molar-refractivity contribution in [2.75, 3.05) is 63.9 Å². The fraction of sp³-hybridized carbons (Fsp3) is 0.467. The summed E-state index contributed by atoms with van der Waals surface area (Å²) in [7, 11) is -0.829. The molecule has 2 N–H and O–H groups in total. The van der Waals surface area contributed by atoms with Gasteiger partial charge in [0, 0.05) is 18.5 Å². The van der Waals surface area contributed by atoms with Crippen molar-refractivity contribution >= 4 is 47.2 Å². The number of rotatable bonds is 12. The molecular formula is C30H41ClN5O3P. The summed E-state index contributed by atoms with van der Waals surface area (Å²) in [6, 6.07) is 11.7. The molecule has 3 aromatic rings. The summed E-state index contributed by atoms with van der Waals surface area (Å²) in [6.45, 7) is 12.6. The Morgan fingerprint density at radius 2 is 1.85 bits per heavy atom. The minimum Gasteiger partial charge on any atom is -0.495 e. The molecule has 0 saturated carbocycles. The smallest absolute Gasteiger partial charge is 0.229 e. The lowest BCUT2D eigenvalue weighted by atomic mass is 9.86. The predicted octanol–water partition coefficient (Wildman–Crippen LogP) is 6.79. The monoisotopic (exact) mass is 585 g/mol. The van der Waals surface area contributed by atoms with E-state index in [4.69, 9.17) is 21.1 Å². The predicted molar refractivity (Wildman–Crippen MR) is 166 cm³/mol. The molecule has 1 aliphatic heterocycles. The van der Waals surface area contributed by atoms with E-state index in [9.17, 15) is 4.57 Å². The van der Waals surface area contributed by atoms with E-state index in [2.05, 4.69) is 51.5 Å². The number of anilines is 4. The maximum Gasteiger partial charge on any atom is 0.229 e. The van der Waals surface area contributed by atoms with Crippen molar-refractivity contribution in [2.24, 2.45) is 0 Å². The van der Waals surface area contributed by atoms with Crippen LogP contribution in [0.5, 0.6) is 5.75 Å². The fourth-order valence-electron chi connectivity index (χ4n) is 5.13. The number of methoxy groups -OCH3 is 1. The molecule has 0 spiro atoms. The lowest BCUT2D eigenvalue weighted by molar-refractivity contribution is 0.0941. The third-order valence-corrected chi connectivity index (χ3v) is 9.07. The first-order valence-electron chi connectivity index (χ1n) is 13.9. The van der Waals surface area contributed by atoms with Crippen molar-refractivity contribution in [3.05, 3.63) is 58.7 Å². The van der Waals surface area contributed by atoms with Crippen LogP contribution in [0.4, 0.5) is 23.1 Å². The van der Waals surface area contributed by atoms with Crippen LogP contribution in [0.2, 0.25) is 5.02 Å². The van der Waals surface area contributed by atoms with Crippen LogP contribution in [0, 0.1) is 6.92 Å². The van der Waals surface area contributed by atoms with Crippen LogP contribution in [0.25, 0.3) is 0 Å². The van der Waals surface area contributed by atoms with Gasteiger partial charge in [0.2, 0.25) is 5.95 Å². The van der Waals surface area contributed by atoms with Gasteiger partial charge in [-0.2, -0.15) is 4.98 Å². The van der Waals surface area contributed by atoms with Gasteiger partial charge in [-0.1, -0.05) is 30.7 Å². The third-order valence-electron chi connectivity index (χ3n) is 7.24. The highest BCUT2D eigenvalue weighted by Gasteiger charge is 2.23. The molecule has 0 bridgehead atoms. The number of hydrogen-bond acceptors (Lipinski definition) is 8. The summed E-state index contributed by atoms with van der Waals surface area (Å²) in [5.41, 5.74) is 4.02. The number of para-hydroxylation sites is 1. The van der Waals surface area contributed by atoms with E-state index < -0.39 is 7.14 Å². The van der Waals surface area contributed by atoms with Crippen molar-refractivity contribution in [1.29, 1.82) is 0 Å². The Bertz CT molecular complexity index is 1340. The zero-order chi connectivity index (χ0) is 28.7. The number of halogens is 1. The lowest BCUT2D eigenvalue weighted by Crippen LogP contribution is -2.35. The molecule has 2 heterocycles. The van der Waals surface area contributed by atoms with Crippen LogP contribution in [0.3, 0.4) is 0 Å². The van der Waals surface area contributed by atoms with Crippen molar-refractivity contribution in [1.82, 2.24) is 14.9 Å². The van der Waals surface area contributed by atoms with Gasteiger partial charge in [0.25, 0.3) is 0 Å². The Balaban J connectivity index is 1.48. The summed E-state index contributed by atoms with van der Waals surface area (Å²) in [5.74, 6) is 2.04. The van der Waals surface area contributed by atoms with Gasteiger partial charge in [0.05, 0.1) is 31.3 Å². The van der Waals surface area contributed by atoms with Crippen LogP contribution in [-0.2, 0) is 9.30 Å². The summed E-state index contributed by atoms with van der Waals surface area (Å²) in [4.78, 5) is 11.5. The number of benzene rings is 2. The van der Waals surface area contributed by atoms with Crippen molar-refractivity contribution < 1.29 is 14.0 Å². The SMILES string of the molecule is CCCOCCN1CCC(c2cc(OC)c(Nc3ncc(Cl)c(Nc4ccccc4P(C)(C)=O)n3)cc2C)CC1. The van der Waals surface area contributed by atoms with Gasteiger partial charge < -0.3 is 29.6 Å². The van der Waals surface area contributed by atoms with Gasteiger partial charge in [-0.3, -0.25) is 0 Å². The van der Waals surface area contributed by atoms with E-state index in [0.717, 1.165) is 68.9 Å². The summed E-state index contributed by atoms with van der Waals surface area (Å²) in [6.07, 6.45) is 4.84. The van der Waals surface area contributed by atoms with Crippen LogP contribution >= 0.6 is 18.7 Å². The fourth-order valence-corrected chi connectivity index (χ4v) is 6.42. The molecule has 1 aromatic heterocycles. The molecule has 0 aliphatic carbocycles. The Morgan fingerprint density at radius 1 is 1.10 bits per heavy atom. The normalized spacial score (nSPS) is 14.8. The van der Waals surface area contributed by atoms with E-state index >= 15 is 0 Å². The molecule has 1 fully saturated rings. The Hall–Kier alpha value is -2.64. The minimum atomic E-state index is -2.51. The molecule has 1 aliphatic rings. The van der Waals surface area contributed by atoms with Crippen LogP contribution in [-0.4, -0.2) is 68.2 Å². The number of hydrogen-bond donors (Lipinski definition) is 2. The minimum absolute atomic E-state index is 0.365. The standard InChI is InChI=1S/C30H41ClN5O3P/c1-6-16-39-17-15-36-13-11-22(12-14-36)23-19-27(38-3)26(18-21(23)2)34-30-32-20-24(31)29(35-30)33-25-9-7-8-10-28(25)40(4,5)37/h7-10,18-20,22H,6,11-17H2,1-5H3,(H2,32,33,34,35). The van der Waals surface area contributed by atoms with E-state index in [1.54, 1.807) is 26.6 Å². The number of likely N-dealkylation sites (tertiary alicyclic amines) is 1. The van der Waals surface area contributed by atoms with Crippen molar-refractivity contribution in [3.8, 4) is 5.75 Å². The highest BCUT2D eigenvalue weighted by Crippen LogP contribution is 2.39. The molecule has 0 amide bonds. The Kier molecular flexibility index (Phi) is 10.5. The second kappa shape index (κ2) is 13.8. The molecule has 40 heavy (non-hydrogen) atoms. The van der Waals surface area contributed by atoms with Gasteiger partial charge >= 0.3 is 0 Å². The highest BCUT2D eigenvalue weighted by molar-refractivity contribution is 7.70. The first-order chi connectivity index (χ1) is 19.2. The summed E-state index contributed by atoms with van der Waals surface area (Å²) in [5, 5.41) is 7.66. The van der Waals surface area contributed by atoms with Gasteiger partial charge in [0.1, 0.15) is 17.9 Å². The van der Waals surface area contributed by atoms with E-state index in [1.165, 1.54) is 11.1 Å². The first-order valence-corrected chi connectivity index (χ1v) is 16.9. The van der Waals surface area contributed by atoms with Crippen LogP contribution < -0.4 is 20.7 Å². The molecule has 4 rings (SSSR count). The molecule has 0 radical (unpaired) electrons. The molecular weight excluding hydrogens is 545 g/mol. The number of nitrogens with zero attached hydrogens (tertiary/aromatic N) is 3. The number of ether oxygens (including phenoxy) is 2. The van der Waals surface area contributed by atoms with Crippen LogP contribution in [0.1, 0.15) is 43.2 Å². The zero-order valence-electron chi connectivity index (χ0n) is 24.2. The first kappa shape index (κ1) is 30.3. The number of piperidine rings is 1. The second-order valence-electron chi connectivity index (χ2n) is 10.6. The topological polar surface area (TPSA) is 88.6 Å². The number of aromatic nitrogens is 2. The molecule has 0 atom stereocenters. The molecule has 0 unspecified atom stereocenters. The lowest BCUT2D eigenvalue weighted by Gasteiger charge is -2.33. The summed E-state index contributed by atoms with van der Waals surface area (Å²) >= 11 is 6.44. The van der Waals surface area contributed by atoms with Gasteiger partial charge in [-0.25, -0.2) is 4.98 Å². The molecule has 2 aromatic carbocycles. The Morgan fingerprint density at radius 3 is 2.55 bits per heavy atom. The van der Waals surface area contributed by atoms with E-state index in [1.807, 2.05) is 24.3 Å². The number of nitrogens with one attached hydrogen (secondary N) is 2. The molecule has 216 valence electrons. The Labute approximate surface area is 243 Å². The van der Waals surface area contributed by atoms with E-state index in [-0.39, 0.29) is 0 Å². The second-order valence-corrected chi connectivity index (χ2v) is 14.2. The maximum atomic E-state index is 12.8. The number of aryl methyl sites for hydroxylation is 1. The molecule has 1 saturated heterocycles. The van der Waals surface area contributed by atoms with Gasteiger partial charge in [-0.15, -0.1) is 0 Å². The van der Waals surface area contributed by atoms with Gasteiger partial charge in [0.15, 0.2) is 5.82 Å². The largest absolute Gasteiger partial charge is 0.495 e. The van der Waals surface area contributed by atoms with Gasteiger partial charge in [-0.05, 0) is 93.9 Å². The average Bonchev–Trinajstić information content (AvgIpc) is 2.93. The summed E-state index contributed by atoms with van der Waals surface area (Å²) < 4.78 is 24.3. The van der Waals surface area contributed by atoms with Crippen molar-refractivity contribution in [2.45, 2.75) is 39.0 Å². The van der Waals surface area contributed by atoms with Crippen molar-refractivity contribution in [3.63, 3.8) is 0 Å². The highest BCUT2D eigenvalue weighted by atomic mass is 35.5. The molecule has 8 nitrogen and oxygen atoms in total. The van der Waals surface area contributed by atoms with E-state index in [0.29, 0.717) is 28.4 Å².